The van der Waals surface area contributed by atoms with Gasteiger partial charge < -0.3 is 14.2 Å². The third-order valence-electron chi connectivity index (χ3n) is 2.96. The molecule has 0 amide bonds. The van der Waals surface area contributed by atoms with Gasteiger partial charge in [0.2, 0.25) is 0 Å². The van der Waals surface area contributed by atoms with Crippen molar-refractivity contribution in [3.63, 3.8) is 0 Å². The summed E-state index contributed by atoms with van der Waals surface area (Å²) in [5.74, 6) is 2.57. The van der Waals surface area contributed by atoms with E-state index in [4.69, 9.17) is 14.2 Å². The molecule has 0 aromatic heterocycles. The lowest BCUT2D eigenvalue weighted by molar-refractivity contribution is 0.246. The molecule has 0 saturated heterocycles. The number of hydrogen-bond donors (Lipinski definition) is 0. The Hall–Kier alpha value is -2.16. The van der Waals surface area contributed by atoms with E-state index in [0.29, 0.717) is 19.8 Å². The van der Waals surface area contributed by atoms with Crippen molar-refractivity contribution in [1.82, 2.24) is 0 Å². The second-order valence-corrected chi connectivity index (χ2v) is 4.77. The Morgan fingerprint density at radius 1 is 0.762 bits per heavy atom. The van der Waals surface area contributed by atoms with Crippen LogP contribution in [0.5, 0.6) is 17.2 Å². The van der Waals surface area contributed by atoms with Gasteiger partial charge in [-0.2, -0.15) is 0 Å². The van der Waals surface area contributed by atoms with Crippen molar-refractivity contribution in [3.8, 4) is 17.2 Å². The first kappa shape index (κ1) is 15.2. The van der Waals surface area contributed by atoms with Crippen molar-refractivity contribution in [1.29, 1.82) is 0 Å². The highest BCUT2D eigenvalue weighted by Gasteiger charge is 1.98. The average Bonchev–Trinajstić information content (AvgIpc) is 2.50. The van der Waals surface area contributed by atoms with Crippen LogP contribution in [-0.2, 0) is 0 Å². The van der Waals surface area contributed by atoms with Crippen LogP contribution >= 0.6 is 0 Å². The van der Waals surface area contributed by atoms with E-state index in [9.17, 15) is 0 Å². The molecule has 0 aliphatic heterocycles. The largest absolute Gasteiger partial charge is 0.494 e. The first-order valence-electron chi connectivity index (χ1n) is 7.33. The number of rotatable bonds is 8. The zero-order valence-corrected chi connectivity index (χ0v) is 12.7. The second kappa shape index (κ2) is 8.20. The van der Waals surface area contributed by atoms with Crippen molar-refractivity contribution in [2.75, 3.05) is 19.8 Å². The van der Waals surface area contributed by atoms with Crippen LogP contribution in [0.15, 0.2) is 48.5 Å². The highest BCUT2D eigenvalue weighted by Crippen LogP contribution is 2.19. The molecule has 0 heterocycles. The van der Waals surface area contributed by atoms with Gasteiger partial charge in [0.15, 0.2) is 0 Å². The van der Waals surface area contributed by atoms with Gasteiger partial charge in [-0.1, -0.05) is 23.8 Å². The molecule has 0 spiro atoms. The molecule has 0 N–H and O–H groups in total. The van der Waals surface area contributed by atoms with Gasteiger partial charge in [0, 0.05) is 12.5 Å². The summed E-state index contributed by atoms with van der Waals surface area (Å²) in [6, 6.07) is 15.8. The quantitative estimate of drug-likeness (QED) is 0.679. The van der Waals surface area contributed by atoms with Gasteiger partial charge in [0.1, 0.15) is 17.2 Å². The van der Waals surface area contributed by atoms with Gasteiger partial charge >= 0.3 is 0 Å². The molecular weight excluding hydrogens is 264 g/mol. The fourth-order valence-corrected chi connectivity index (χ4v) is 1.89. The molecule has 112 valence electrons. The van der Waals surface area contributed by atoms with Gasteiger partial charge in [-0.25, -0.2) is 0 Å². The highest BCUT2D eigenvalue weighted by molar-refractivity contribution is 5.32. The Bertz CT molecular complexity index is 534. The van der Waals surface area contributed by atoms with Crippen LogP contribution in [0.3, 0.4) is 0 Å². The predicted molar refractivity (Wildman–Crippen MR) is 84.4 cm³/mol. The van der Waals surface area contributed by atoms with Gasteiger partial charge in [-0.15, -0.1) is 0 Å². The van der Waals surface area contributed by atoms with Gasteiger partial charge in [-0.3, -0.25) is 0 Å². The monoisotopic (exact) mass is 286 g/mol. The first-order chi connectivity index (χ1) is 10.3. The van der Waals surface area contributed by atoms with Crippen LogP contribution in [-0.4, -0.2) is 19.8 Å². The minimum absolute atomic E-state index is 0.626. The molecule has 21 heavy (non-hydrogen) atoms. The van der Waals surface area contributed by atoms with Crippen molar-refractivity contribution < 1.29 is 14.2 Å². The third-order valence-corrected chi connectivity index (χ3v) is 2.96. The van der Waals surface area contributed by atoms with E-state index in [1.165, 1.54) is 5.56 Å². The zero-order valence-electron chi connectivity index (χ0n) is 12.7. The minimum Gasteiger partial charge on any atom is -0.494 e. The topological polar surface area (TPSA) is 27.7 Å². The molecule has 0 unspecified atom stereocenters. The minimum atomic E-state index is 0.626. The van der Waals surface area contributed by atoms with E-state index in [2.05, 4.69) is 6.92 Å². The normalized spacial score (nSPS) is 10.2. The van der Waals surface area contributed by atoms with Crippen molar-refractivity contribution in [2.24, 2.45) is 0 Å². The molecule has 0 saturated carbocycles. The summed E-state index contributed by atoms with van der Waals surface area (Å²) in [4.78, 5) is 0. The van der Waals surface area contributed by atoms with Crippen molar-refractivity contribution in [3.05, 3.63) is 54.1 Å². The van der Waals surface area contributed by atoms with Crippen LogP contribution in [0.1, 0.15) is 18.9 Å². The van der Waals surface area contributed by atoms with E-state index in [1.807, 2.05) is 55.5 Å². The van der Waals surface area contributed by atoms with Crippen molar-refractivity contribution >= 4 is 0 Å². The summed E-state index contributed by atoms with van der Waals surface area (Å²) in [5.41, 5.74) is 1.24. The smallest absolute Gasteiger partial charge is 0.122 e. The summed E-state index contributed by atoms with van der Waals surface area (Å²) in [5, 5.41) is 0. The number of benzene rings is 2. The van der Waals surface area contributed by atoms with Crippen molar-refractivity contribution in [2.45, 2.75) is 20.3 Å². The Morgan fingerprint density at radius 2 is 1.38 bits per heavy atom. The van der Waals surface area contributed by atoms with E-state index in [-0.39, 0.29) is 0 Å². The average molecular weight is 286 g/mol. The highest BCUT2D eigenvalue weighted by atomic mass is 16.5. The third kappa shape index (κ3) is 5.38. The van der Waals surface area contributed by atoms with Crippen LogP contribution < -0.4 is 14.2 Å². The predicted octanol–water partition coefficient (Wildman–Crippen LogP) is 4.24. The summed E-state index contributed by atoms with van der Waals surface area (Å²) in [7, 11) is 0. The van der Waals surface area contributed by atoms with E-state index in [1.54, 1.807) is 0 Å². The molecular formula is C18H22O3. The zero-order chi connectivity index (χ0) is 14.9. The van der Waals surface area contributed by atoms with Crippen LogP contribution in [0.2, 0.25) is 0 Å². The summed E-state index contributed by atoms with van der Waals surface area (Å²) in [6.07, 6.45) is 0.840. The Labute approximate surface area is 126 Å². The molecule has 0 radical (unpaired) electrons. The lowest BCUT2D eigenvalue weighted by Crippen LogP contribution is -2.05. The van der Waals surface area contributed by atoms with Crippen LogP contribution in [0, 0.1) is 6.92 Å². The molecule has 2 aromatic carbocycles. The van der Waals surface area contributed by atoms with E-state index >= 15 is 0 Å². The number of aryl methyl sites for hydroxylation is 1. The second-order valence-electron chi connectivity index (χ2n) is 4.77. The molecule has 0 bridgehead atoms. The molecule has 2 rings (SSSR count). The maximum absolute atomic E-state index is 5.69. The molecule has 0 aliphatic rings. The number of hydrogen-bond acceptors (Lipinski definition) is 3. The molecule has 0 fully saturated rings. The van der Waals surface area contributed by atoms with E-state index in [0.717, 1.165) is 23.7 Å². The lowest BCUT2D eigenvalue weighted by Gasteiger charge is -2.09. The Balaban J connectivity index is 1.67. The molecule has 3 heteroatoms. The van der Waals surface area contributed by atoms with Gasteiger partial charge in [0.25, 0.3) is 0 Å². The van der Waals surface area contributed by atoms with Crippen LogP contribution in [0.25, 0.3) is 0 Å². The molecule has 0 aliphatic carbocycles. The SMILES string of the molecule is CCOc1cccc(OCCCOc2ccc(C)cc2)c1. The maximum Gasteiger partial charge on any atom is 0.122 e. The Kier molecular flexibility index (Phi) is 5.95. The van der Waals surface area contributed by atoms with E-state index < -0.39 is 0 Å². The Morgan fingerprint density at radius 3 is 2.05 bits per heavy atom. The maximum atomic E-state index is 5.69. The molecule has 0 atom stereocenters. The van der Waals surface area contributed by atoms with Gasteiger partial charge in [-0.05, 0) is 38.1 Å². The molecule has 2 aromatic rings. The standard InChI is InChI=1S/C18H22O3/c1-3-19-17-6-4-7-18(14-17)21-13-5-12-20-16-10-8-15(2)9-11-16/h4,6-11,14H,3,5,12-13H2,1-2H3. The lowest BCUT2D eigenvalue weighted by atomic mass is 10.2. The summed E-state index contributed by atoms with van der Waals surface area (Å²) >= 11 is 0. The fourth-order valence-electron chi connectivity index (χ4n) is 1.89. The van der Waals surface area contributed by atoms with Gasteiger partial charge in [0.05, 0.1) is 19.8 Å². The first-order valence-corrected chi connectivity index (χ1v) is 7.33. The summed E-state index contributed by atoms with van der Waals surface area (Å²) in [6.45, 7) is 5.97. The molecule has 3 nitrogen and oxygen atoms in total. The number of ether oxygens (including phenoxy) is 3. The van der Waals surface area contributed by atoms with Crippen LogP contribution in [0.4, 0.5) is 0 Å². The fraction of sp³-hybridized carbons (Fsp3) is 0.333. The summed E-state index contributed by atoms with van der Waals surface area (Å²) < 4.78 is 16.8.